The summed E-state index contributed by atoms with van der Waals surface area (Å²) in [6.07, 6.45) is 2.05. The second-order valence-electron chi connectivity index (χ2n) is 6.61. The van der Waals surface area contributed by atoms with E-state index in [1.807, 2.05) is 0 Å². The predicted molar refractivity (Wildman–Crippen MR) is 99.7 cm³/mol. The fourth-order valence-electron chi connectivity index (χ4n) is 3.86. The van der Waals surface area contributed by atoms with Gasteiger partial charge in [-0.25, -0.2) is 17.9 Å². The number of fused-ring (bicyclic) bond motifs is 1. The summed E-state index contributed by atoms with van der Waals surface area (Å²) < 4.78 is 38.7. The van der Waals surface area contributed by atoms with Crippen LogP contribution in [-0.2, 0) is 23.0 Å². The first-order valence-corrected chi connectivity index (χ1v) is 10.0. The molecular weight excluding hydrogens is 351 g/mol. The Hall–Kier alpha value is -2.44. The van der Waals surface area contributed by atoms with E-state index < -0.39 is 10.0 Å². The number of nitrogens with zero attached hydrogens (tertiary/aromatic N) is 1. The average molecular weight is 370 g/mol. The highest BCUT2D eigenvalue weighted by Crippen LogP contribution is 2.42. The monoisotopic (exact) mass is 370 g/mol. The van der Waals surface area contributed by atoms with E-state index >= 15 is 0 Å². The molecule has 0 saturated heterocycles. The lowest BCUT2D eigenvalue weighted by molar-refractivity contribution is 0.598. The minimum absolute atomic E-state index is 0.0946. The minimum atomic E-state index is -3.72. The molecule has 26 heavy (non-hydrogen) atoms. The standard InChI is InChI=1S/C20H19FN2O2S/c1-13-19(14-4-8-16(21)9-5-14)20(18-3-2-12-23(13)18)15-6-10-17(11-7-15)26(22,24)25/h4-11H,2-3,12H2,1H3,(H2,22,24,25). The van der Waals surface area contributed by atoms with E-state index in [0.717, 1.165) is 47.3 Å². The average Bonchev–Trinajstić information content (AvgIpc) is 3.17. The van der Waals surface area contributed by atoms with E-state index in [-0.39, 0.29) is 10.7 Å². The third-order valence-corrected chi connectivity index (χ3v) is 5.96. The van der Waals surface area contributed by atoms with Crippen molar-refractivity contribution >= 4 is 10.0 Å². The van der Waals surface area contributed by atoms with Gasteiger partial charge in [-0.2, -0.15) is 0 Å². The van der Waals surface area contributed by atoms with Gasteiger partial charge in [0.25, 0.3) is 0 Å². The van der Waals surface area contributed by atoms with Crippen LogP contribution in [0, 0.1) is 12.7 Å². The Balaban J connectivity index is 1.93. The van der Waals surface area contributed by atoms with Crippen molar-refractivity contribution in [2.45, 2.75) is 31.2 Å². The third-order valence-electron chi connectivity index (χ3n) is 5.03. The van der Waals surface area contributed by atoms with Crippen LogP contribution in [0.5, 0.6) is 0 Å². The van der Waals surface area contributed by atoms with E-state index in [9.17, 15) is 12.8 Å². The summed E-state index contributed by atoms with van der Waals surface area (Å²) in [5, 5.41) is 5.21. The Morgan fingerprint density at radius 3 is 2.15 bits per heavy atom. The summed E-state index contributed by atoms with van der Waals surface area (Å²) in [6, 6.07) is 13.2. The summed E-state index contributed by atoms with van der Waals surface area (Å²) in [6.45, 7) is 3.04. The molecule has 6 heteroatoms. The molecule has 0 unspecified atom stereocenters. The van der Waals surface area contributed by atoms with Gasteiger partial charge in [0.05, 0.1) is 4.90 Å². The zero-order valence-electron chi connectivity index (χ0n) is 14.4. The van der Waals surface area contributed by atoms with Crippen molar-refractivity contribution in [2.75, 3.05) is 0 Å². The van der Waals surface area contributed by atoms with E-state index in [0.29, 0.717) is 0 Å². The van der Waals surface area contributed by atoms with Gasteiger partial charge in [-0.3, -0.25) is 0 Å². The van der Waals surface area contributed by atoms with Crippen LogP contribution in [0.25, 0.3) is 22.3 Å². The number of sulfonamides is 1. The first-order chi connectivity index (χ1) is 12.4. The minimum Gasteiger partial charge on any atom is -0.348 e. The van der Waals surface area contributed by atoms with E-state index in [2.05, 4.69) is 11.5 Å². The van der Waals surface area contributed by atoms with Crippen molar-refractivity contribution < 1.29 is 12.8 Å². The first kappa shape index (κ1) is 17.0. The van der Waals surface area contributed by atoms with Gasteiger partial charge < -0.3 is 4.57 Å². The highest BCUT2D eigenvalue weighted by Gasteiger charge is 2.25. The zero-order valence-corrected chi connectivity index (χ0v) is 15.2. The number of nitrogens with two attached hydrogens (primary N) is 1. The van der Waals surface area contributed by atoms with Gasteiger partial charge in [0.15, 0.2) is 0 Å². The number of primary sulfonamides is 1. The normalized spacial score (nSPS) is 13.8. The molecule has 0 amide bonds. The van der Waals surface area contributed by atoms with Gasteiger partial charge in [0.1, 0.15) is 5.82 Å². The van der Waals surface area contributed by atoms with Crippen molar-refractivity contribution in [3.63, 3.8) is 0 Å². The molecule has 134 valence electrons. The number of hydrogen-bond donors (Lipinski definition) is 1. The van der Waals surface area contributed by atoms with Gasteiger partial charge in [-0.1, -0.05) is 24.3 Å². The Kier molecular flexibility index (Phi) is 3.97. The summed E-state index contributed by atoms with van der Waals surface area (Å²) in [4.78, 5) is 0.0946. The molecule has 0 saturated carbocycles. The second kappa shape index (κ2) is 6.07. The van der Waals surface area contributed by atoms with Crippen LogP contribution >= 0.6 is 0 Å². The van der Waals surface area contributed by atoms with Gasteiger partial charge in [0, 0.05) is 29.1 Å². The van der Waals surface area contributed by atoms with Crippen LogP contribution < -0.4 is 5.14 Å². The van der Waals surface area contributed by atoms with Crippen LogP contribution in [0.2, 0.25) is 0 Å². The first-order valence-electron chi connectivity index (χ1n) is 8.47. The Morgan fingerprint density at radius 2 is 1.54 bits per heavy atom. The van der Waals surface area contributed by atoms with Crippen LogP contribution in [0.1, 0.15) is 17.8 Å². The molecule has 4 nitrogen and oxygen atoms in total. The highest BCUT2D eigenvalue weighted by molar-refractivity contribution is 7.89. The van der Waals surface area contributed by atoms with E-state index in [1.165, 1.54) is 30.0 Å². The molecule has 0 fully saturated rings. The molecule has 1 aliphatic heterocycles. The van der Waals surface area contributed by atoms with E-state index in [1.54, 1.807) is 24.3 Å². The van der Waals surface area contributed by atoms with Gasteiger partial charge >= 0.3 is 0 Å². The predicted octanol–water partition coefficient (Wildman–Crippen LogP) is 3.86. The maximum atomic E-state index is 13.4. The number of benzene rings is 2. The van der Waals surface area contributed by atoms with Crippen LogP contribution in [0.4, 0.5) is 4.39 Å². The zero-order chi connectivity index (χ0) is 18.5. The molecule has 1 aliphatic rings. The lowest BCUT2D eigenvalue weighted by atomic mass is 9.94. The van der Waals surface area contributed by atoms with Gasteiger partial charge in [0.2, 0.25) is 10.0 Å². The Morgan fingerprint density at radius 1 is 0.962 bits per heavy atom. The molecule has 0 bridgehead atoms. The fourth-order valence-corrected chi connectivity index (χ4v) is 4.37. The van der Waals surface area contributed by atoms with Crippen molar-refractivity contribution in [2.24, 2.45) is 5.14 Å². The highest BCUT2D eigenvalue weighted by atomic mass is 32.2. The van der Waals surface area contributed by atoms with Crippen LogP contribution in [-0.4, -0.2) is 13.0 Å². The molecule has 2 heterocycles. The van der Waals surface area contributed by atoms with Crippen molar-refractivity contribution in [3.8, 4) is 22.3 Å². The van der Waals surface area contributed by atoms with Gasteiger partial charge in [-0.05, 0) is 55.2 Å². The molecule has 4 rings (SSSR count). The SMILES string of the molecule is Cc1c(-c2ccc(F)cc2)c(-c2ccc(S(N)(=O)=O)cc2)c2n1CCC2. The molecule has 1 aromatic heterocycles. The number of halogens is 1. The maximum absolute atomic E-state index is 13.4. The maximum Gasteiger partial charge on any atom is 0.238 e. The van der Waals surface area contributed by atoms with Gasteiger partial charge in [-0.15, -0.1) is 0 Å². The molecule has 2 N–H and O–H groups in total. The molecule has 0 radical (unpaired) electrons. The summed E-state index contributed by atoms with van der Waals surface area (Å²) >= 11 is 0. The summed E-state index contributed by atoms with van der Waals surface area (Å²) in [7, 11) is -3.72. The van der Waals surface area contributed by atoms with E-state index in [4.69, 9.17) is 5.14 Å². The molecule has 0 atom stereocenters. The van der Waals surface area contributed by atoms with Crippen molar-refractivity contribution in [1.29, 1.82) is 0 Å². The number of rotatable bonds is 3. The quantitative estimate of drug-likeness (QED) is 0.761. The topological polar surface area (TPSA) is 65.1 Å². The van der Waals surface area contributed by atoms with Crippen LogP contribution in [0.15, 0.2) is 53.4 Å². The largest absolute Gasteiger partial charge is 0.348 e. The summed E-state index contributed by atoms with van der Waals surface area (Å²) in [5.74, 6) is -0.266. The molecule has 3 aromatic rings. The lowest BCUT2D eigenvalue weighted by Crippen LogP contribution is -2.11. The van der Waals surface area contributed by atoms with Crippen LogP contribution in [0.3, 0.4) is 0 Å². The number of hydrogen-bond acceptors (Lipinski definition) is 2. The second-order valence-corrected chi connectivity index (χ2v) is 8.17. The smallest absolute Gasteiger partial charge is 0.238 e. The summed E-state index contributed by atoms with van der Waals surface area (Å²) in [5.41, 5.74) is 6.45. The Labute approximate surface area is 152 Å². The molecule has 0 spiro atoms. The lowest BCUT2D eigenvalue weighted by Gasteiger charge is -2.09. The molecular formula is C20H19FN2O2S. The molecule has 0 aliphatic carbocycles. The third kappa shape index (κ3) is 2.75. The number of aromatic nitrogens is 1. The Bertz CT molecular complexity index is 1080. The fraction of sp³-hybridized carbons (Fsp3) is 0.200. The van der Waals surface area contributed by atoms with Crippen molar-refractivity contribution in [1.82, 2.24) is 4.57 Å². The van der Waals surface area contributed by atoms with Crippen molar-refractivity contribution in [3.05, 3.63) is 65.7 Å². The molecule has 2 aromatic carbocycles.